The van der Waals surface area contributed by atoms with E-state index in [1.807, 2.05) is 19.9 Å². The number of allylic oxidation sites excluding steroid dienone is 1. The second kappa shape index (κ2) is 4.95. The van der Waals surface area contributed by atoms with Crippen LogP contribution in [0.4, 0.5) is 5.69 Å². The van der Waals surface area contributed by atoms with E-state index in [2.05, 4.69) is 31.4 Å². The van der Waals surface area contributed by atoms with Gasteiger partial charge in [0.1, 0.15) is 4.47 Å². The van der Waals surface area contributed by atoms with Crippen molar-refractivity contribution in [2.24, 2.45) is 0 Å². The van der Waals surface area contributed by atoms with E-state index in [4.69, 9.17) is 0 Å². The molecule has 5 heteroatoms. The fourth-order valence-electron chi connectivity index (χ4n) is 0.872. The van der Waals surface area contributed by atoms with E-state index >= 15 is 0 Å². The number of nitrogens with one attached hydrogen (secondary N) is 2. The van der Waals surface area contributed by atoms with E-state index in [9.17, 15) is 4.79 Å². The third-order valence-corrected chi connectivity index (χ3v) is 2.39. The van der Waals surface area contributed by atoms with E-state index in [0.29, 0.717) is 16.7 Å². The highest BCUT2D eigenvalue weighted by molar-refractivity contribution is 9.10. The molecule has 14 heavy (non-hydrogen) atoms. The minimum absolute atomic E-state index is 0.229. The van der Waals surface area contributed by atoms with Gasteiger partial charge in [-0.05, 0) is 29.8 Å². The summed E-state index contributed by atoms with van der Waals surface area (Å²) in [4.78, 5) is 11.1. The zero-order valence-electron chi connectivity index (χ0n) is 8.10. The SMILES string of the molecule is CC(C)=CCNc1cn[nH]c(=O)c1Br. The van der Waals surface area contributed by atoms with Gasteiger partial charge in [0, 0.05) is 6.54 Å². The van der Waals surface area contributed by atoms with Crippen LogP contribution >= 0.6 is 15.9 Å². The number of hydrogen-bond acceptors (Lipinski definition) is 3. The summed E-state index contributed by atoms with van der Waals surface area (Å²) in [5, 5.41) is 9.10. The molecule has 2 N–H and O–H groups in total. The van der Waals surface area contributed by atoms with Gasteiger partial charge in [-0.1, -0.05) is 11.6 Å². The van der Waals surface area contributed by atoms with Crippen LogP contribution in [0.2, 0.25) is 0 Å². The minimum Gasteiger partial charge on any atom is -0.379 e. The van der Waals surface area contributed by atoms with Gasteiger partial charge in [-0.25, -0.2) is 5.10 Å². The first kappa shape index (κ1) is 11.0. The van der Waals surface area contributed by atoms with Crippen LogP contribution < -0.4 is 10.9 Å². The lowest BCUT2D eigenvalue weighted by molar-refractivity contribution is 0.977. The molecule has 0 radical (unpaired) electrons. The summed E-state index contributed by atoms with van der Waals surface area (Å²) in [6, 6.07) is 0. The van der Waals surface area contributed by atoms with Crippen LogP contribution in [0.1, 0.15) is 13.8 Å². The standard InChI is InChI=1S/C9H12BrN3O/c1-6(2)3-4-11-7-5-12-13-9(14)8(7)10/h3,5H,4H2,1-2H3,(H2,11,13,14). The van der Waals surface area contributed by atoms with Crippen molar-refractivity contribution in [3.63, 3.8) is 0 Å². The summed E-state index contributed by atoms with van der Waals surface area (Å²) < 4.78 is 0.481. The van der Waals surface area contributed by atoms with Crippen LogP contribution in [0, 0.1) is 0 Å². The Morgan fingerprint density at radius 1 is 1.71 bits per heavy atom. The quantitative estimate of drug-likeness (QED) is 0.814. The Hall–Kier alpha value is -1.10. The van der Waals surface area contributed by atoms with Crippen molar-refractivity contribution in [3.8, 4) is 0 Å². The Labute approximate surface area is 90.6 Å². The van der Waals surface area contributed by atoms with Gasteiger partial charge in [0.05, 0.1) is 11.9 Å². The second-order valence-electron chi connectivity index (χ2n) is 3.09. The predicted molar refractivity (Wildman–Crippen MR) is 60.5 cm³/mol. The van der Waals surface area contributed by atoms with Gasteiger partial charge in [-0.3, -0.25) is 4.79 Å². The molecule has 0 saturated carbocycles. The molecule has 0 aliphatic carbocycles. The molecule has 4 nitrogen and oxygen atoms in total. The molecule has 1 aromatic rings. The van der Waals surface area contributed by atoms with Crippen LogP contribution in [0.25, 0.3) is 0 Å². The van der Waals surface area contributed by atoms with Crippen molar-refractivity contribution in [1.82, 2.24) is 10.2 Å². The number of aromatic nitrogens is 2. The number of rotatable bonds is 3. The first-order chi connectivity index (χ1) is 6.61. The highest BCUT2D eigenvalue weighted by Crippen LogP contribution is 2.14. The van der Waals surface area contributed by atoms with E-state index in [0.717, 1.165) is 0 Å². The summed E-state index contributed by atoms with van der Waals surface area (Å²) in [6.45, 7) is 4.73. The maximum Gasteiger partial charge on any atom is 0.280 e. The Bertz CT molecular complexity index is 393. The van der Waals surface area contributed by atoms with Crippen LogP contribution in [0.5, 0.6) is 0 Å². The predicted octanol–water partition coefficient (Wildman–Crippen LogP) is 1.91. The molecular formula is C9H12BrN3O. The molecule has 0 fully saturated rings. The minimum atomic E-state index is -0.229. The van der Waals surface area contributed by atoms with Crippen LogP contribution in [0.15, 0.2) is 27.1 Å². The van der Waals surface area contributed by atoms with E-state index in [-0.39, 0.29) is 5.56 Å². The fraction of sp³-hybridized carbons (Fsp3) is 0.333. The van der Waals surface area contributed by atoms with Gasteiger partial charge in [-0.2, -0.15) is 5.10 Å². The van der Waals surface area contributed by atoms with Gasteiger partial charge in [0.25, 0.3) is 5.56 Å². The number of hydrogen-bond donors (Lipinski definition) is 2. The van der Waals surface area contributed by atoms with Crippen molar-refractivity contribution < 1.29 is 0 Å². The highest BCUT2D eigenvalue weighted by atomic mass is 79.9. The van der Waals surface area contributed by atoms with Crippen molar-refractivity contribution in [2.45, 2.75) is 13.8 Å². The molecule has 0 spiro atoms. The summed E-state index contributed by atoms with van der Waals surface area (Å²) in [7, 11) is 0. The molecule has 1 aromatic heterocycles. The van der Waals surface area contributed by atoms with Crippen LogP contribution in [-0.2, 0) is 0 Å². The summed E-state index contributed by atoms with van der Waals surface area (Å²) in [6.07, 6.45) is 3.61. The molecule has 0 saturated heterocycles. The number of anilines is 1. The molecule has 0 aliphatic heterocycles. The van der Waals surface area contributed by atoms with Gasteiger partial charge in [0.2, 0.25) is 0 Å². The normalized spacial score (nSPS) is 9.64. The number of H-pyrrole nitrogens is 1. The van der Waals surface area contributed by atoms with Crippen molar-refractivity contribution >= 4 is 21.6 Å². The van der Waals surface area contributed by atoms with Gasteiger partial charge >= 0.3 is 0 Å². The lowest BCUT2D eigenvalue weighted by atomic mass is 10.3. The van der Waals surface area contributed by atoms with Crippen LogP contribution in [0.3, 0.4) is 0 Å². The third-order valence-electron chi connectivity index (χ3n) is 1.60. The second-order valence-corrected chi connectivity index (χ2v) is 3.88. The summed E-state index contributed by atoms with van der Waals surface area (Å²) in [5.41, 5.74) is 1.70. The molecule has 1 heterocycles. The highest BCUT2D eigenvalue weighted by Gasteiger charge is 2.01. The number of aromatic amines is 1. The smallest absolute Gasteiger partial charge is 0.280 e. The average Bonchev–Trinajstić information content (AvgIpc) is 2.12. The van der Waals surface area contributed by atoms with Crippen LogP contribution in [-0.4, -0.2) is 16.7 Å². The first-order valence-corrected chi connectivity index (χ1v) is 5.01. The Kier molecular flexibility index (Phi) is 3.88. The third kappa shape index (κ3) is 2.99. The molecule has 0 aromatic carbocycles. The Morgan fingerprint density at radius 2 is 2.43 bits per heavy atom. The fourth-order valence-corrected chi connectivity index (χ4v) is 1.20. The largest absolute Gasteiger partial charge is 0.379 e. The Morgan fingerprint density at radius 3 is 3.07 bits per heavy atom. The van der Waals surface area contributed by atoms with Gasteiger partial charge in [0.15, 0.2) is 0 Å². The maximum atomic E-state index is 11.1. The van der Waals surface area contributed by atoms with Gasteiger partial charge < -0.3 is 5.32 Å². The summed E-state index contributed by atoms with van der Waals surface area (Å²) >= 11 is 3.18. The molecule has 0 amide bonds. The Balaban J connectivity index is 2.73. The number of halogens is 1. The molecule has 76 valence electrons. The van der Waals surface area contributed by atoms with E-state index < -0.39 is 0 Å². The van der Waals surface area contributed by atoms with E-state index in [1.54, 1.807) is 6.20 Å². The molecule has 0 aliphatic rings. The zero-order chi connectivity index (χ0) is 10.6. The van der Waals surface area contributed by atoms with Crippen molar-refractivity contribution in [1.29, 1.82) is 0 Å². The van der Waals surface area contributed by atoms with E-state index in [1.165, 1.54) is 5.57 Å². The maximum absolute atomic E-state index is 11.1. The molecule has 1 rings (SSSR count). The molecular weight excluding hydrogens is 246 g/mol. The van der Waals surface area contributed by atoms with Crippen molar-refractivity contribution in [3.05, 3.63) is 32.7 Å². The van der Waals surface area contributed by atoms with Gasteiger partial charge in [-0.15, -0.1) is 0 Å². The first-order valence-electron chi connectivity index (χ1n) is 4.21. The zero-order valence-corrected chi connectivity index (χ0v) is 9.68. The lowest BCUT2D eigenvalue weighted by Gasteiger charge is -2.03. The summed E-state index contributed by atoms with van der Waals surface area (Å²) in [5.74, 6) is 0. The monoisotopic (exact) mass is 257 g/mol. The average molecular weight is 258 g/mol. The lowest BCUT2D eigenvalue weighted by Crippen LogP contribution is -2.12. The topological polar surface area (TPSA) is 57.8 Å². The molecule has 0 bridgehead atoms. The number of nitrogens with zero attached hydrogens (tertiary/aromatic N) is 1. The molecule has 0 unspecified atom stereocenters. The molecule has 0 atom stereocenters. The van der Waals surface area contributed by atoms with Crippen molar-refractivity contribution in [2.75, 3.05) is 11.9 Å².